The number of carbonyl (C=O) groups is 2. The number of nitrogens with zero attached hydrogens (tertiary/aromatic N) is 3. The first-order chi connectivity index (χ1) is 14.2. The Morgan fingerprint density at radius 2 is 1.83 bits per heavy atom. The minimum atomic E-state index is -3.84. The molecule has 2 heterocycles. The van der Waals surface area contributed by atoms with Gasteiger partial charge in [0, 0.05) is 37.9 Å². The predicted octanol–water partition coefficient (Wildman–Crippen LogP) is 2.19. The molecule has 7 nitrogen and oxygen atoms in total. The van der Waals surface area contributed by atoms with Crippen molar-refractivity contribution < 1.29 is 18.0 Å². The van der Waals surface area contributed by atoms with E-state index in [2.05, 4.69) is 0 Å². The van der Waals surface area contributed by atoms with Gasteiger partial charge in [-0.25, -0.2) is 8.42 Å². The molecule has 30 heavy (non-hydrogen) atoms. The summed E-state index contributed by atoms with van der Waals surface area (Å²) < 4.78 is 27.3. The standard InChI is InChI=1S/C22H25N3O4S/c1-15-12-18-13-19(8-9-21(18)25(15)16(2)26)30(28,29)23(3)14-22(27)24-11-10-17-6-4-5-7-20(17)24/h4-9,13,15H,10-12,14H2,1-3H3/t15-/m0/s1. The van der Waals surface area contributed by atoms with Crippen LogP contribution in [0.3, 0.4) is 0 Å². The third-order valence-corrected chi connectivity index (χ3v) is 7.66. The maximum atomic E-state index is 13.1. The topological polar surface area (TPSA) is 78.0 Å². The Morgan fingerprint density at radius 1 is 1.10 bits per heavy atom. The lowest BCUT2D eigenvalue weighted by Gasteiger charge is -2.23. The minimum absolute atomic E-state index is 0.00926. The van der Waals surface area contributed by atoms with Crippen LogP contribution in [0.2, 0.25) is 0 Å². The van der Waals surface area contributed by atoms with Crippen LogP contribution in [0.1, 0.15) is 25.0 Å². The molecule has 0 saturated carbocycles. The second kappa shape index (κ2) is 7.52. The molecule has 0 N–H and O–H groups in total. The van der Waals surface area contributed by atoms with Crippen LogP contribution in [0.15, 0.2) is 47.4 Å². The van der Waals surface area contributed by atoms with Gasteiger partial charge in [0.1, 0.15) is 0 Å². The second-order valence-corrected chi connectivity index (χ2v) is 9.96. The highest BCUT2D eigenvalue weighted by atomic mass is 32.2. The summed E-state index contributed by atoms with van der Waals surface area (Å²) in [5.41, 5.74) is 3.52. The number of amides is 2. The van der Waals surface area contributed by atoms with Crippen molar-refractivity contribution in [2.75, 3.05) is 29.9 Å². The molecular weight excluding hydrogens is 402 g/mol. The van der Waals surface area contributed by atoms with Crippen LogP contribution >= 0.6 is 0 Å². The van der Waals surface area contributed by atoms with Crippen LogP contribution in [0.4, 0.5) is 11.4 Å². The van der Waals surface area contributed by atoms with E-state index in [9.17, 15) is 18.0 Å². The van der Waals surface area contributed by atoms with Gasteiger partial charge in [-0.15, -0.1) is 0 Å². The zero-order chi connectivity index (χ0) is 21.6. The molecule has 0 radical (unpaired) electrons. The van der Waals surface area contributed by atoms with Crippen LogP contribution in [0, 0.1) is 0 Å². The molecule has 4 rings (SSSR count). The van der Waals surface area contributed by atoms with E-state index in [1.807, 2.05) is 31.2 Å². The fourth-order valence-corrected chi connectivity index (χ4v) is 5.56. The minimum Gasteiger partial charge on any atom is -0.311 e. The van der Waals surface area contributed by atoms with Crippen molar-refractivity contribution >= 4 is 33.2 Å². The summed E-state index contributed by atoms with van der Waals surface area (Å²) >= 11 is 0. The predicted molar refractivity (Wildman–Crippen MR) is 115 cm³/mol. The van der Waals surface area contributed by atoms with Crippen molar-refractivity contribution in [3.8, 4) is 0 Å². The van der Waals surface area contributed by atoms with Crippen molar-refractivity contribution in [2.45, 2.75) is 37.6 Å². The van der Waals surface area contributed by atoms with E-state index >= 15 is 0 Å². The zero-order valence-corrected chi connectivity index (χ0v) is 18.1. The number of benzene rings is 2. The molecule has 8 heteroatoms. The summed E-state index contributed by atoms with van der Waals surface area (Å²) in [5.74, 6) is -0.311. The molecule has 2 aliphatic rings. The molecule has 1 atom stereocenters. The van der Waals surface area contributed by atoms with Gasteiger partial charge >= 0.3 is 0 Å². The van der Waals surface area contributed by atoms with Gasteiger partial charge in [0.15, 0.2) is 0 Å². The number of sulfonamides is 1. The van der Waals surface area contributed by atoms with E-state index < -0.39 is 10.0 Å². The monoisotopic (exact) mass is 427 g/mol. The van der Waals surface area contributed by atoms with Crippen LogP contribution in [0.25, 0.3) is 0 Å². The molecular formula is C22H25N3O4S. The Bertz CT molecular complexity index is 1130. The summed E-state index contributed by atoms with van der Waals surface area (Å²) in [6, 6.07) is 12.5. The molecule has 2 amide bonds. The Hall–Kier alpha value is -2.71. The van der Waals surface area contributed by atoms with Crippen LogP contribution in [-0.4, -0.2) is 50.7 Å². The molecule has 0 aliphatic carbocycles. The number of rotatable bonds is 4. The smallest absolute Gasteiger partial charge is 0.243 e. The number of anilines is 2. The third-order valence-electron chi connectivity index (χ3n) is 5.86. The van der Waals surface area contributed by atoms with Crippen LogP contribution in [0.5, 0.6) is 0 Å². The molecule has 0 spiro atoms. The molecule has 2 aliphatic heterocycles. The van der Waals surface area contributed by atoms with Gasteiger partial charge < -0.3 is 9.80 Å². The van der Waals surface area contributed by atoms with Gasteiger partial charge in [0.25, 0.3) is 0 Å². The number of likely N-dealkylation sites (N-methyl/N-ethyl adjacent to an activating group) is 1. The first kappa shape index (κ1) is 20.6. The second-order valence-electron chi connectivity index (χ2n) is 7.92. The van der Waals surface area contributed by atoms with Crippen LogP contribution in [-0.2, 0) is 32.5 Å². The Kier molecular flexibility index (Phi) is 5.15. The van der Waals surface area contributed by atoms with E-state index in [0.717, 1.165) is 33.2 Å². The van der Waals surface area contributed by atoms with Crippen molar-refractivity contribution in [1.29, 1.82) is 0 Å². The highest BCUT2D eigenvalue weighted by Crippen LogP contribution is 2.34. The fraction of sp³-hybridized carbons (Fsp3) is 0.364. The summed E-state index contributed by atoms with van der Waals surface area (Å²) in [6.45, 7) is 3.77. The number of para-hydroxylation sites is 1. The average molecular weight is 428 g/mol. The zero-order valence-electron chi connectivity index (χ0n) is 17.3. The van der Waals surface area contributed by atoms with Gasteiger partial charge in [-0.1, -0.05) is 18.2 Å². The lowest BCUT2D eigenvalue weighted by atomic mass is 10.1. The maximum absolute atomic E-state index is 13.1. The van der Waals surface area contributed by atoms with Crippen molar-refractivity contribution in [1.82, 2.24) is 4.31 Å². The molecule has 0 unspecified atom stereocenters. The van der Waals surface area contributed by atoms with E-state index in [1.54, 1.807) is 21.9 Å². The summed E-state index contributed by atoms with van der Waals surface area (Å²) in [4.78, 5) is 28.2. The number of fused-ring (bicyclic) bond motifs is 2. The first-order valence-electron chi connectivity index (χ1n) is 9.97. The Labute approximate surface area is 176 Å². The van der Waals surface area contributed by atoms with Crippen LogP contribution < -0.4 is 9.80 Å². The SMILES string of the molecule is CC(=O)N1c2ccc(S(=O)(=O)N(C)CC(=O)N3CCc4ccccc43)cc2C[C@@H]1C. The van der Waals surface area contributed by atoms with Crippen molar-refractivity contribution in [2.24, 2.45) is 0 Å². The van der Waals surface area contributed by atoms with E-state index in [4.69, 9.17) is 0 Å². The molecule has 0 bridgehead atoms. The maximum Gasteiger partial charge on any atom is 0.243 e. The molecule has 2 aromatic carbocycles. The molecule has 0 fully saturated rings. The van der Waals surface area contributed by atoms with E-state index in [1.165, 1.54) is 20.0 Å². The Morgan fingerprint density at radius 3 is 2.57 bits per heavy atom. The van der Waals surface area contributed by atoms with Crippen molar-refractivity contribution in [3.05, 3.63) is 53.6 Å². The summed E-state index contributed by atoms with van der Waals surface area (Å²) in [6.07, 6.45) is 1.37. The largest absolute Gasteiger partial charge is 0.311 e. The lowest BCUT2D eigenvalue weighted by molar-refractivity contribution is -0.118. The first-order valence-corrected chi connectivity index (χ1v) is 11.4. The third kappa shape index (κ3) is 3.40. The molecule has 2 aromatic rings. The van der Waals surface area contributed by atoms with E-state index in [-0.39, 0.29) is 29.3 Å². The highest BCUT2D eigenvalue weighted by molar-refractivity contribution is 7.89. The average Bonchev–Trinajstić information content (AvgIpc) is 3.27. The quantitative estimate of drug-likeness (QED) is 0.749. The van der Waals surface area contributed by atoms with Gasteiger partial charge in [-0.05, 0) is 55.2 Å². The van der Waals surface area contributed by atoms with Crippen molar-refractivity contribution in [3.63, 3.8) is 0 Å². The summed E-state index contributed by atoms with van der Waals surface area (Å²) in [7, 11) is -2.41. The lowest BCUT2D eigenvalue weighted by Crippen LogP contribution is -2.40. The normalized spacial score (nSPS) is 17.9. The number of hydrogen-bond donors (Lipinski definition) is 0. The number of carbonyl (C=O) groups excluding carboxylic acids is 2. The van der Waals surface area contributed by atoms with Gasteiger partial charge in [-0.2, -0.15) is 4.31 Å². The fourth-order valence-electron chi connectivity index (χ4n) is 4.39. The molecule has 158 valence electrons. The summed E-state index contributed by atoms with van der Waals surface area (Å²) in [5, 5.41) is 0. The Balaban J connectivity index is 1.54. The van der Waals surface area contributed by atoms with E-state index in [0.29, 0.717) is 13.0 Å². The number of hydrogen-bond acceptors (Lipinski definition) is 4. The highest BCUT2D eigenvalue weighted by Gasteiger charge is 2.32. The van der Waals surface area contributed by atoms with Gasteiger partial charge in [0.05, 0.1) is 11.4 Å². The van der Waals surface area contributed by atoms with Gasteiger partial charge in [-0.3, -0.25) is 9.59 Å². The molecule has 0 saturated heterocycles. The van der Waals surface area contributed by atoms with Gasteiger partial charge in [0.2, 0.25) is 21.8 Å². The molecule has 0 aromatic heterocycles.